The molecule has 0 aromatic rings. The van der Waals surface area contributed by atoms with Crippen molar-refractivity contribution in [3.8, 4) is 0 Å². The quantitative estimate of drug-likeness (QED) is 0.544. The van der Waals surface area contributed by atoms with Gasteiger partial charge in [-0.3, -0.25) is 4.79 Å². The number of carbonyl (C=O) groups is 2. The summed E-state index contributed by atoms with van der Waals surface area (Å²) in [6.45, 7) is 5.17. The molecule has 0 saturated carbocycles. The van der Waals surface area contributed by atoms with Crippen LogP contribution in [0.3, 0.4) is 0 Å². The van der Waals surface area contributed by atoms with Gasteiger partial charge in [0.2, 0.25) is 5.91 Å². The summed E-state index contributed by atoms with van der Waals surface area (Å²) in [7, 11) is 0. The molecule has 0 aromatic carbocycles. The summed E-state index contributed by atoms with van der Waals surface area (Å²) >= 11 is 0. The minimum absolute atomic E-state index is 0.0278. The van der Waals surface area contributed by atoms with Crippen LogP contribution >= 0.6 is 0 Å². The van der Waals surface area contributed by atoms with Gasteiger partial charge in [0.05, 0.1) is 0 Å². The highest BCUT2D eigenvalue weighted by Crippen LogP contribution is 2.32. The van der Waals surface area contributed by atoms with Crippen LogP contribution in [0.1, 0.15) is 33.1 Å². The zero-order valence-corrected chi connectivity index (χ0v) is 11.6. The van der Waals surface area contributed by atoms with Crippen LogP contribution in [0, 0.1) is 11.3 Å². The van der Waals surface area contributed by atoms with E-state index in [-0.39, 0.29) is 24.9 Å². The number of aliphatic carboxylic acids is 1. The first-order valence-electron chi connectivity index (χ1n) is 6.75. The number of hydrogen-bond donors (Lipinski definition) is 4. The molecule has 0 aliphatic carbocycles. The number of aliphatic hydroxyl groups is 1. The maximum atomic E-state index is 12.3. The Bertz CT molecular complexity index is 325. The van der Waals surface area contributed by atoms with Gasteiger partial charge in [-0.1, -0.05) is 13.8 Å². The SMILES string of the molecule is CC(C)(C(=O)N[C@@H](CCO)C(=O)O)C1CCCNC1. The Morgan fingerprint density at radius 1 is 1.47 bits per heavy atom. The molecule has 0 radical (unpaired) electrons. The maximum Gasteiger partial charge on any atom is 0.326 e. The largest absolute Gasteiger partial charge is 0.480 e. The van der Waals surface area contributed by atoms with E-state index in [4.69, 9.17) is 10.2 Å². The van der Waals surface area contributed by atoms with E-state index in [2.05, 4.69) is 10.6 Å². The van der Waals surface area contributed by atoms with Gasteiger partial charge in [-0.05, 0) is 31.8 Å². The maximum absolute atomic E-state index is 12.3. The molecule has 19 heavy (non-hydrogen) atoms. The Hall–Kier alpha value is -1.14. The third kappa shape index (κ3) is 4.18. The van der Waals surface area contributed by atoms with Gasteiger partial charge in [0.25, 0.3) is 0 Å². The molecule has 6 heteroatoms. The molecule has 1 amide bonds. The van der Waals surface area contributed by atoms with Crippen molar-refractivity contribution < 1.29 is 19.8 Å². The molecule has 0 spiro atoms. The number of nitrogens with one attached hydrogen (secondary N) is 2. The van der Waals surface area contributed by atoms with Crippen molar-refractivity contribution in [1.29, 1.82) is 0 Å². The summed E-state index contributed by atoms with van der Waals surface area (Å²) in [6.07, 6.45) is 2.02. The van der Waals surface area contributed by atoms with E-state index in [0.717, 1.165) is 25.9 Å². The van der Waals surface area contributed by atoms with Crippen LogP contribution in [0.15, 0.2) is 0 Å². The van der Waals surface area contributed by atoms with Crippen LogP contribution in [0.4, 0.5) is 0 Å². The molecule has 1 saturated heterocycles. The van der Waals surface area contributed by atoms with Crippen LogP contribution in [0.5, 0.6) is 0 Å². The Balaban J connectivity index is 2.65. The lowest BCUT2D eigenvalue weighted by Crippen LogP contribution is -2.51. The minimum atomic E-state index is -1.11. The molecule has 1 aliphatic heterocycles. The van der Waals surface area contributed by atoms with Crippen LogP contribution in [0.2, 0.25) is 0 Å². The monoisotopic (exact) mass is 272 g/mol. The average molecular weight is 272 g/mol. The number of piperidine rings is 1. The second kappa shape index (κ2) is 6.86. The predicted octanol–water partition coefficient (Wildman–Crippen LogP) is -0.0360. The topological polar surface area (TPSA) is 98.7 Å². The van der Waals surface area contributed by atoms with E-state index in [9.17, 15) is 9.59 Å². The highest BCUT2D eigenvalue weighted by Gasteiger charge is 2.38. The first kappa shape index (κ1) is 15.9. The van der Waals surface area contributed by atoms with Gasteiger partial charge in [-0.15, -0.1) is 0 Å². The van der Waals surface area contributed by atoms with Crippen LogP contribution < -0.4 is 10.6 Å². The molecule has 1 heterocycles. The third-order valence-corrected chi connectivity index (χ3v) is 3.92. The van der Waals surface area contributed by atoms with E-state index in [1.807, 2.05) is 13.8 Å². The fraction of sp³-hybridized carbons (Fsp3) is 0.846. The van der Waals surface area contributed by atoms with Gasteiger partial charge in [0.15, 0.2) is 0 Å². The van der Waals surface area contributed by atoms with Gasteiger partial charge in [-0.25, -0.2) is 4.79 Å². The van der Waals surface area contributed by atoms with Gasteiger partial charge in [0, 0.05) is 18.4 Å². The van der Waals surface area contributed by atoms with Gasteiger partial charge >= 0.3 is 5.97 Å². The lowest BCUT2D eigenvalue weighted by molar-refractivity contribution is -0.144. The van der Waals surface area contributed by atoms with Gasteiger partial charge in [-0.2, -0.15) is 0 Å². The highest BCUT2D eigenvalue weighted by molar-refractivity contribution is 5.87. The molecule has 0 bridgehead atoms. The summed E-state index contributed by atoms with van der Waals surface area (Å²) in [5.41, 5.74) is -0.615. The standard InChI is InChI=1S/C13H24N2O4/c1-13(2,9-4-3-6-14-8-9)12(19)15-10(5-7-16)11(17)18/h9-10,14,16H,3-8H2,1-2H3,(H,15,19)(H,17,18)/t9?,10-/m0/s1. The van der Waals surface area contributed by atoms with Gasteiger partial charge < -0.3 is 20.8 Å². The smallest absolute Gasteiger partial charge is 0.326 e. The van der Waals surface area contributed by atoms with E-state index in [1.54, 1.807) is 0 Å². The second-order valence-electron chi connectivity index (χ2n) is 5.64. The highest BCUT2D eigenvalue weighted by atomic mass is 16.4. The van der Waals surface area contributed by atoms with Crippen molar-refractivity contribution >= 4 is 11.9 Å². The van der Waals surface area contributed by atoms with E-state index >= 15 is 0 Å². The molecule has 110 valence electrons. The number of carboxylic acid groups (broad SMARTS) is 1. The lowest BCUT2D eigenvalue weighted by atomic mass is 9.74. The molecule has 6 nitrogen and oxygen atoms in total. The summed E-state index contributed by atoms with van der Waals surface area (Å²) in [6, 6.07) is -1.02. The Morgan fingerprint density at radius 3 is 2.63 bits per heavy atom. The predicted molar refractivity (Wildman–Crippen MR) is 70.6 cm³/mol. The fourth-order valence-electron chi connectivity index (χ4n) is 2.38. The molecule has 1 unspecified atom stereocenters. The van der Waals surface area contributed by atoms with E-state index < -0.39 is 17.4 Å². The third-order valence-electron chi connectivity index (χ3n) is 3.92. The zero-order chi connectivity index (χ0) is 14.5. The normalized spacial score (nSPS) is 21.7. The molecule has 0 aromatic heterocycles. The van der Waals surface area contributed by atoms with Crippen molar-refractivity contribution in [2.75, 3.05) is 19.7 Å². The molecular formula is C13H24N2O4. The number of carbonyl (C=O) groups excluding carboxylic acids is 1. The lowest BCUT2D eigenvalue weighted by Gasteiger charge is -2.36. The summed E-state index contributed by atoms with van der Waals surface area (Å²) < 4.78 is 0. The van der Waals surface area contributed by atoms with E-state index in [1.165, 1.54) is 0 Å². The number of aliphatic hydroxyl groups excluding tert-OH is 1. The van der Waals surface area contributed by atoms with Crippen molar-refractivity contribution in [1.82, 2.24) is 10.6 Å². The van der Waals surface area contributed by atoms with Crippen molar-refractivity contribution in [2.45, 2.75) is 39.2 Å². The van der Waals surface area contributed by atoms with Crippen LogP contribution in [-0.4, -0.2) is 47.8 Å². The fourth-order valence-corrected chi connectivity index (χ4v) is 2.38. The Labute approximate surface area is 113 Å². The molecule has 1 rings (SSSR count). The average Bonchev–Trinajstić information content (AvgIpc) is 2.38. The van der Waals surface area contributed by atoms with Gasteiger partial charge in [0.1, 0.15) is 6.04 Å². The molecular weight excluding hydrogens is 248 g/mol. The summed E-state index contributed by atoms with van der Waals surface area (Å²) in [4.78, 5) is 23.3. The summed E-state index contributed by atoms with van der Waals surface area (Å²) in [5.74, 6) is -1.17. The number of rotatable bonds is 6. The molecule has 4 N–H and O–H groups in total. The summed E-state index contributed by atoms with van der Waals surface area (Å²) in [5, 5.41) is 23.6. The Morgan fingerprint density at radius 2 is 2.16 bits per heavy atom. The first-order valence-corrected chi connectivity index (χ1v) is 6.75. The number of hydrogen-bond acceptors (Lipinski definition) is 4. The Kier molecular flexibility index (Phi) is 5.75. The molecule has 1 aliphatic rings. The van der Waals surface area contributed by atoms with Crippen molar-refractivity contribution in [3.05, 3.63) is 0 Å². The zero-order valence-electron chi connectivity index (χ0n) is 11.6. The second-order valence-corrected chi connectivity index (χ2v) is 5.64. The first-order chi connectivity index (χ1) is 8.89. The number of amides is 1. The van der Waals surface area contributed by atoms with Crippen LogP contribution in [-0.2, 0) is 9.59 Å². The van der Waals surface area contributed by atoms with Crippen LogP contribution in [0.25, 0.3) is 0 Å². The van der Waals surface area contributed by atoms with E-state index in [0.29, 0.717) is 0 Å². The minimum Gasteiger partial charge on any atom is -0.480 e. The van der Waals surface area contributed by atoms with Crippen molar-refractivity contribution in [2.24, 2.45) is 11.3 Å². The van der Waals surface area contributed by atoms with Crippen molar-refractivity contribution in [3.63, 3.8) is 0 Å². The molecule has 2 atom stereocenters. The molecule has 1 fully saturated rings. The number of carboxylic acids is 1.